The maximum Gasteiger partial charge on any atom is 0.270 e. The molecule has 0 aliphatic rings. The lowest BCUT2D eigenvalue weighted by Gasteiger charge is -2.10. The zero-order chi connectivity index (χ0) is 22.8. The number of aliphatic hydroxyl groups excluding tert-OH is 1. The van der Waals surface area contributed by atoms with Crippen molar-refractivity contribution in [2.24, 2.45) is 0 Å². The maximum atomic E-state index is 12.1. The molecule has 2 aromatic carbocycles. The molecule has 2 heterocycles. The van der Waals surface area contributed by atoms with Crippen LogP contribution in [0, 0.1) is 0 Å². The third-order valence-electron chi connectivity index (χ3n) is 4.88. The van der Waals surface area contributed by atoms with Crippen LogP contribution in [0.15, 0.2) is 59.1 Å². The van der Waals surface area contributed by atoms with Crippen LogP contribution in [0.5, 0.6) is 0 Å². The number of anilines is 1. The van der Waals surface area contributed by atoms with Gasteiger partial charge in [0.2, 0.25) is 5.89 Å². The molecular formula is C23H22N6O3. The van der Waals surface area contributed by atoms with E-state index in [0.717, 1.165) is 11.1 Å². The van der Waals surface area contributed by atoms with Crippen LogP contribution in [-0.4, -0.2) is 50.2 Å². The Morgan fingerprint density at radius 1 is 1.06 bits per heavy atom. The van der Waals surface area contributed by atoms with Crippen molar-refractivity contribution in [1.29, 1.82) is 0 Å². The molecule has 3 N–H and O–H groups in total. The van der Waals surface area contributed by atoms with Gasteiger partial charge in [0.15, 0.2) is 11.5 Å². The summed E-state index contributed by atoms with van der Waals surface area (Å²) in [6, 6.07) is 14.3. The van der Waals surface area contributed by atoms with E-state index in [1.54, 1.807) is 63.6 Å². The Labute approximate surface area is 184 Å². The SMILES string of the molecule is CC(O)c1cccc(-c2nnc(-c3nc(-c4ccc(C(=O)N(C)C)cc4)cnc3N)o2)c1. The predicted molar refractivity (Wildman–Crippen MR) is 119 cm³/mol. The monoisotopic (exact) mass is 430 g/mol. The van der Waals surface area contributed by atoms with Gasteiger partial charge < -0.3 is 20.2 Å². The number of amides is 1. The van der Waals surface area contributed by atoms with Gasteiger partial charge in [0.1, 0.15) is 0 Å². The van der Waals surface area contributed by atoms with Crippen molar-refractivity contribution in [3.8, 4) is 34.3 Å². The number of carbonyl (C=O) groups is 1. The highest BCUT2D eigenvalue weighted by Crippen LogP contribution is 2.29. The van der Waals surface area contributed by atoms with Gasteiger partial charge in [-0.05, 0) is 36.8 Å². The number of aliphatic hydroxyl groups is 1. The Morgan fingerprint density at radius 3 is 2.47 bits per heavy atom. The summed E-state index contributed by atoms with van der Waals surface area (Å²) in [7, 11) is 3.40. The van der Waals surface area contributed by atoms with E-state index >= 15 is 0 Å². The molecule has 9 heteroatoms. The van der Waals surface area contributed by atoms with E-state index in [2.05, 4.69) is 20.2 Å². The molecule has 1 unspecified atom stereocenters. The van der Waals surface area contributed by atoms with Crippen molar-refractivity contribution in [2.45, 2.75) is 13.0 Å². The second-order valence-electron chi connectivity index (χ2n) is 7.48. The summed E-state index contributed by atoms with van der Waals surface area (Å²) < 4.78 is 5.80. The number of rotatable bonds is 5. The Balaban J connectivity index is 1.66. The molecule has 0 saturated heterocycles. The van der Waals surface area contributed by atoms with E-state index in [1.165, 1.54) is 4.90 Å². The summed E-state index contributed by atoms with van der Waals surface area (Å²) in [5.41, 5.74) is 9.58. The van der Waals surface area contributed by atoms with Gasteiger partial charge >= 0.3 is 0 Å². The second kappa shape index (κ2) is 8.56. The number of nitrogen functional groups attached to an aromatic ring is 1. The molecule has 1 amide bonds. The van der Waals surface area contributed by atoms with Crippen molar-refractivity contribution < 1.29 is 14.3 Å². The number of nitrogens with two attached hydrogens (primary N) is 1. The minimum atomic E-state index is -0.616. The van der Waals surface area contributed by atoms with Crippen molar-refractivity contribution in [3.63, 3.8) is 0 Å². The smallest absolute Gasteiger partial charge is 0.270 e. The summed E-state index contributed by atoms with van der Waals surface area (Å²) in [4.78, 5) is 22.4. The normalized spacial score (nSPS) is 11.9. The number of carbonyl (C=O) groups excluding carboxylic acids is 1. The zero-order valence-electron chi connectivity index (χ0n) is 17.9. The van der Waals surface area contributed by atoms with Gasteiger partial charge in [0, 0.05) is 30.8 Å². The minimum absolute atomic E-state index is 0.0846. The van der Waals surface area contributed by atoms with Crippen LogP contribution in [0.25, 0.3) is 34.3 Å². The van der Waals surface area contributed by atoms with Gasteiger partial charge in [0.05, 0.1) is 18.0 Å². The van der Waals surface area contributed by atoms with E-state index in [4.69, 9.17) is 10.2 Å². The molecule has 32 heavy (non-hydrogen) atoms. The molecule has 4 rings (SSSR count). The van der Waals surface area contributed by atoms with E-state index in [9.17, 15) is 9.90 Å². The zero-order valence-corrected chi connectivity index (χ0v) is 17.9. The Hall–Kier alpha value is -4.11. The second-order valence-corrected chi connectivity index (χ2v) is 7.48. The largest absolute Gasteiger partial charge is 0.414 e. The molecule has 1 atom stereocenters. The van der Waals surface area contributed by atoms with Crippen molar-refractivity contribution in [2.75, 3.05) is 19.8 Å². The van der Waals surface area contributed by atoms with Crippen molar-refractivity contribution in [3.05, 3.63) is 65.9 Å². The van der Waals surface area contributed by atoms with Crippen LogP contribution in [0.1, 0.15) is 28.9 Å². The van der Waals surface area contributed by atoms with Crippen LogP contribution >= 0.6 is 0 Å². The highest BCUT2D eigenvalue weighted by molar-refractivity contribution is 5.94. The summed E-state index contributed by atoms with van der Waals surface area (Å²) in [5.74, 6) is 0.481. The van der Waals surface area contributed by atoms with E-state index in [-0.39, 0.29) is 29.2 Å². The lowest BCUT2D eigenvalue weighted by molar-refractivity contribution is 0.0827. The molecule has 162 valence electrons. The van der Waals surface area contributed by atoms with Gasteiger partial charge in [-0.2, -0.15) is 0 Å². The Kier molecular flexibility index (Phi) is 5.65. The standard InChI is InChI=1S/C23H22N6O3/c1-13(30)16-5-4-6-17(11-16)21-27-28-22(32-21)19-20(24)25-12-18(26-19)14-7-9-15(10-8-14)23(31)29(2)3/h4-13,30H,1-3H3,(H2,24,25). The molecule has 0 radical (unpaired) electrons. The van der Waals surface area contributed by atoms with Crippen LogP contribution in [0.4, 0.5) is 5.82 Å². The highest BCUT2D eigenvalue weighted by Gasteiger charge is 2.17. The molecular weight excluding hydrogens is 408 g/mol. The van der Waals surface area contributed by atoms with E-state index in [1.807, 2.05) is 12.1 Å². The number of hydrogen-bond donors (Lipinski definition) is 2. The average Bonchev–Trinajstić information content (AvgIpc) is 3.29. The first-order chi connectivity index (χ1) is 15.3. The summed E-state index contributed by atoms with van der Waals surface area (Å²) >= 11 is 0. The quantitative estimate of drug-likeness (QED) is 0.493. The summed E-state index contributed by atoms with van der Waals surface area (Å²) in [5, 5.41) is 18.0. The number of benzene rings is 2. The fraction of sp³-hybridized carbons (Fsp3) is 0.174. The number of nitrogens with zero attached hydrogens (tertiary/aromatic N) is 5. The Bertz CT molecular complexity index is 1260. The first-order valence-corrected chi connectivity index (χ1v) is 9.90. The fourth-order valence-electron chi connectivity index (χ4n) is 3.10. The maximum absolute atomic E-state index is 12.1. The van der Waals surface area contributed by atoms with E-state index < -0.39 is 6.10 Å². The van der Waals surface area contributed by atoms with Crippen molar-refractivity contribution >= 4 is 11.7 Å². The van der Waals surface area contributed by atoms with Crippen molar-refractivity contribution in [1.82, 2.24) is 25.1 Å². The molecule has 2 aromatic heterocycles. The first kappa shape index (κ1) is 21.1. The molecule has 9 nitrogen and oxygen atoms in total. The Morgan fingerprint density at radius 2 is 1.78 bits per heavy atom. The highest BCUT2D eigenvalue weighted by atomic mass is 16.4. The topological polar surface area (TPSA) is 131 Å². The molecule has 0 aliphatic carbocycles. The molecule has 0 bridgehead atoms. The van der Waals surface area contributed by atoms with Gasteiger partial charge in [-0.1, -0.05) is 24.3 Å². The lowest BCUT2D eigenvalue weighted by Crippen LogP contribution is -2.21. The van der Waals surface area contributed by atoms with Gasteiger partial charge in [0.25, 0.3) is 11.8 Å². The van der Waals surface area contributed by atoms with Crippen LogP contribution in [0.2, 0.25) is 0 Å². The van der Waals surface area contributed by atoms with Crippen LogP contribution in [0.3, 0.4) is 0 Å². The van der Waals surface area contributed by atoms with Gasteiger partial charge in [-0.15, -0.1) is 10.2 Å². The summed E-state index contributed by atoms with van der Waals surface area (Å²) in [6.07, 6.45) is 0.931. The molecule has 0 saturated carbocycles. The predicted octanol–water partition coefficient (Wildman–Crippen LogP) is 3.20. The lowest BCUT2D eigenvalue weighted by atomic mass is 10.1. The molecule has 0 fully saturated rings. The fourth-order valence-corrected chi connectivity index (χ4v) is 3.10. The third-order valence-corrected chi connectivity index (χ3v) is 4.88. The molecule has 0 aliphatic heterocycles. The van der Waals surface area contributed by atoms with E-state index in [0.29, 0.717) is 16.8 Å². The minimum Gasteiger partial charge on any atom is -0.414 e. The summed E-state index contributed by atoms with van der Waals surface area (Å²) in [6.45, 7) is 1.68. The molecule has 4 aromatic rings. The van der Waals surface area contributed by atoms with Crippen LogP contribution < -0.4 is 5.73 Å². The van der Waals surface area contributed by atoms with Gasteiger partial charge in [-0.3, -0.25) is 4.79 Å². The number of aromatic nitrogens is 4. The van der Waals surface area contributed by atoms with Crippen LogP contribution in [-0.2, 0) is 0 Å². The van der Waals surface area contributed by atoms with Gasteiger partial charge in [-0.25, -0.2) is 9.97 Å². The first-order valence-electron chi connectivity index (χ1n) is 9.90. The average molecular weight is 430 g/mol. The number of hydrogen-bond acceptors (Lipinski definition) is 8. The third kappa shape index (κ3) is 4.19. The molecule has 0 spiro atoms.